The highest BCUT2D eigenvalue weighted by atomic mass is 19.1. The lowest BCUT2D eigenvalue weighted by atomic mass is 10.1. The first kappa shape index (κ1) is 15.4. The van der Waals surface area contributed by atoms with E-state index in [1.165, 1.54) is 29.3 Å². The average molecular weight is 338 g/mol. The summed E-state index contributed by atoms with van der Waals surface area (Å²) in [5, 5.41) is 9.59. The van der Waals surface area contributed by atoms with Crippen molar-refractivity contribution in [2.24, 2.45) is 10.3 Å². The van der Waals surface area contributed by atoms with E-state index in [-0.39, 0.29) is 0 Å². The van der Waals surface area contributed by atoms with E-state index in [0.29, 0.717) is 5.69 Å². The number of nitrogens with zero attached hydrogens (tertiary/aromatic N) is 4. The topological polar surface area (TPSA) is 65.3 Å². The lowest BCUT2D eigenvalue weighted by Gasteiger charge is -2.22. The number of hydrogen-bond acceptors (Lipinski definition) is 5. The van der Waals surface area contributed by atoms with Gasteiger partial charge in [-0.05, 0) is 55.3 Å². The normalized spacial score (nSPS) is 22.0. The average Bonchev–Trinajstić information content (AvgIpc) is 3.12. The highest BCUT2D eigenvalue weighted by molar-refractivity contribution is 6.26. The molecule has 1 saturated heterocycles. The molecule has 6 nitrogen and oxygen atoms in total. The summed E-state index contributed by atoms with van der Waals surface area (Å²) in [5.41, 5.74) is 3.04. The third-order valence-electron chi connectivity index (χ3n) is 4.48. The molecule has 0 radical (unpaired) electrons. The fourth-order valence-corrected chi connectivity index (χ4v) is 3.17. The van der Waals surface area contributed by atoms with Gasteiger partial charge in [-0.2, -0.15) is 5.11 Å². The Morgan fingerprint density at radius 1 is 1.00 bits per heavy atom. The quantitative estimate of drug-likeness (QED) is 0.791. The lowest BCUT2D eigenvalue weighted by Crippen LogP contribution is -2.40. The number of halogens is 1. The number of fused-ring (bicyclic) bond motifs is 1. The Labute approximate surface area is 143 Å². The molecule has 0 aliphatic carbocycles. The van der Waals surface area contributed by atoms with Crippen LogP contribution in [0.4, 0.5) is 15.8 Å². The van der Waals surface area contributed by atoms with Crippen LogP contribution < -0.4 is 9.91 Å². The molecule has 2 amide bonds. The van der Waals surface area contributed by atoms with Crippen molar-refractivity contribution in [3.63, 3.8) is 0 Å². The molecule has 1 fully saturated rings. The number of carbonyl (C=O) groups excluding carboxylic acids is 2. The van der Waals surface area contributed by atoms with E-state index >= 15 is 0 Å². The van der Waals surface area contributed by atoms with Crippen molar-refractivity contribution >= 4 is 23.2 Å². The predicted octanol–water partition coefficient (Wildman–Crippen LogP) is 2.94. The molecule has 2 heterocycles. The van der Waals surface area contributed by atoms with Gasteiger partial charge in [0.05, 0.1) is 11.4 Å². The summed E-state index contributed by atoms with van der Waals surface area (Å²) in [5.74, 6) is -1.29. The molecule has 2 aromatic rings. The van der Waals surface area contributed by atoms with Crippen LogP contribution in [0.2, 0.25) is 0 Å². The van der Waals surface area contributed by atoms with Crippen molar-refractivity contribution in [2.75, 3.05) is 9.91 Å². The third-order valence-corrected chi connectivity index (χ3v) is 4.48. The van der Waals surface area contributed by atoms with Crippen molar-refractivity contribution in [3.05, 3.63) is 59.4 Å². The van der Waals surface area contributed by atoms with Gasteiger partial charge in [0.1, 0.15) is 5.82 Å². The van der Waals surface area contributed by atoms with E-state index in [0.717, 1.165) is 21.7 Å². The number of aryl methyl sites for hydroxylation is 2. The molecule has 126 valence electrons. The molecule has 2 aliphatic rings. The molecule has 0 N–H and O–H groups in total. The van der Waals surface area contributed by atoms with Crippen molar-refractivity contribution < 1.29 is 14.0 Å². The van der Waals surface area contributed by atoms with Crippen molar-refractivity contribution in [1.82, 2.24) is 0 Å². The van der Waals surface area contributed by atoms with Crippen molar-refractivity contribution in [1.29, 1.82) is 0 Å². The Bertz CT molecular complexity index is 910. The molecule has 0 spiro atoms. The van der Waals surface area contributed by atoms with Gasteiger partial charge in [0.2, 0.25) is 0 Å². The number of imide groups is 1. The van der Waals surface area contributed by atoms with E-state index < -0.39 is 29.7 Å². The van der Waals surface area contributed by atoms with Crippen LogP contribution in [0.3, 0.4) is 0 Å². The second kappa shape index (κ2) is 5.47. The van der Waals surface area contributed by atoms with E-state index in [2.05, 4.69) is 10.3 Å². The molecule has 2 aromatic carbocycles. The molecule has 0 aromatic heterocycles. The van der Waals surface area contributed by atoms with Gasteiger partial charge in [-0.3, -0.25) is 9.59 Å². The summed E-state index contributed by atoms with van der Waals surface area (Å²) in [7, 11) is 0. The van der Waals surface area contributed by atoms with Crippen LogP contribution in [-0.2, 0) is 9.59 Å². The number of carbonyl (C=O) groups is 2. The summed E-state index contributed by atoms with van der Waals surface area (Å²) in [6, 6.07) is 9.38. The fraction of sp³-hybridized carbons (Fsp3) is 0.222. The van der Waals surface area contributed by atoms with Gasteiger partial charge >= 0.3 is 0 Å². The molecule has 25 heavy (non-hydrogen) atoms. The number of hydrogen-bond donors (Lipinski definition) is 0. The summed E-state index contributed by atoms with van der Waals surface area (Å²) in [6.07, 6.45) is 0. The van der Waals surface area contributed by atoms with E-state index in [1.807, 2.05) is 32.0 Å². The van der Waals surface area contributed by atoms with Crippen LogP contribution in [0.5, 0.6) is 0 Å². The van der Waals surface area contributed by atoms with Crippen LogP contribution in [0.1, 0.15) is 11.1 Å². The van der Waals surface area contributed by atoms with Gasteiger partial charge in [-0.25, -0.2) is 14.3 Å². The van der Waals surface area contributed by atoms with E-state index in [1.54, 1.807) is 0 Å². The van der Waals surface area contributed by atoms with Gasteiger partial charge in [-0.15, -0.1) is 0 Å². The molecule has 7 heteroatoms. The lowest BCUT2D eigenvalue weighted by molar-refractivity contribution is -0.121. The van der Waals surface area contributed by atoms with Gasteiger partial charge in [0.15, 0.2) is 12.1 Å². The minimum atomic E-state index is -0.877. The Balaban J connectivity index is 1.73. The molecular formula is C18H15FN4O2. The van der Waals surface area contributed by atoms with Gasteiger partial charge in [-0.1, -0.05) is 17.4 Å². The third kappa shape index (κ3) is 2.31. The SMILES string of the molecule is Cc1ccc(C)c(N2N=NC3C(=O)N(c4ccc(F)cc4)C(=O)C32)c1. The first-order valence-corrected chi connectivity index (χ1v) is 7.88. The van der Waals surface area contributed by atoms with E-state index in [9.17, 15) is 14.0 Å². The standard InChI is InChI=1S/C18H15FN4O2/c1-10-3-4-11(2)14(9-10)23-16-15(20-21-23)17(24)22(18(16)25)13-7-5-12(19)6-8-13/h3-9,15-16H,1-2H3. The largest absolute Gasteiger partial charge is 0.271 e. The van der Waals surface area contributed by atoms with Gasteiger partial charge in [0, 0.05) is 0 Å². The van der Waals surface area contributed by atoms with Crippen LogP contribution in [0, 0.1) is 19.7 Å². The zero-order valence-electron chi connectivity index (χ0n) is 13.7. The van der Waals surface area contributed by atoms with Crippen LogP contribution >= 0.6 is 0 Å². The Hall–Kier alpha value is -3.09. The molecule has 0 saturated carbocycles. The molecule has 4 rings (SSSR count). The highest BCUT2D eigenvalue weighted by Crippen LogP contribution is 2.36. The summed E-state index contributed by atoms with van der Waals surface area (Å²) < 4.78 is 13.1. The number of amides is 2. The summed E-state index contributed by atoms with van der Waals surface area (Å²) >= 11 is 0. The minimum absolute atomic E-state index is 0.335. The van der Waals surface area contributed by atoms with Crippen LogP contribution in [0.15, 0.2) is 52.8 Å². The number of anilines is 2. The van der Waals surface area contributed by atoms with Crippen molar-refractivity contribution in [3.8, 4) is 0 Å². The monoisotopic (exact) mass is 338 g/mol. The van der Waals surface area contributed by atoms with Gasteiger partial charge in [0.25, 0.3) is 11.8 Å². The Morgan fingerprint density at radius 3 is 2.44 bits per heavy atom. The molecular weight excluding hydrogens is 323 g/mol. The van der Waals surface area contributed by atoms with Crippen molar-refractivity contribution in [2.45, 2.75) is 25.9 Å². The Kier molecular flexibility index (Phi) is 3.38. The van der Waals surface area contributed by atoms with Gasteiger partial charge < -0.3 is 0 Å². The maximum atomic E-state index is 13.1. The minimum Gasteiger partial charge on any atom is -0.271 e. The highest BCUT2D eigenvalue weighted by Gasteiger charge is 2.55. The van der Waals surface area contributed by atoms with Crippen LogP contribution in [-0.4, -0.2) is 23.9 Å². The molecule has 2 aliphatic heterocycles. The first-order chi connectivity index (χ1) is 12.0. The fourth-order valence-electron chi connectivity index (χ4n) is 3.17. The second-order valence-corrected chi connectivity index (χ2v) is 6.22. The molecule has 2 unspecified atom stereocenters. The smallest absolute Gasteiger partial charge is 0.263 e. The molecule has 0 bridgehead atoms. The summed E-state index contributed by atoms with van der Waals surface area (Å²) in [4.78, 5) is 26.6. The maximum absolute atomic E-state index is 13.1. The number of rotatable bonds is 2. The number of benzene rings is 2. The maximum Gasteiger partial charge on any atom is 0.263 e. The second-order valence-electron chi connectivity index (χ2n) is 6.22. The zero-order valence-corrected chi connectivity index (χ0v) is 13.7. The van der Waals surface area contributed by atoms with Crippen LogP contribution in [0.25, 0.3) is 0 Å². The van der Waals surface area contributed by atoms with E-state index in [4.69, 9.17) is 0 Å². The zero-order chi connectivity index (χ0) is 17.7. The Morgan fingerprint density at radius 2 is 1.72 bits per heavy atom. The predicted molar refractivity (Wildman–Crippen MR) is 89.7 cm³/mol. The summed E-state index contributed by atoms with van der Waals surface area (Å²) in [6.45, 7) is 3.86. The first-order valence-electron chi connectivity index (χ1n) is 7.88. The molecule has 2 atom stereocenters.